The van der Waals surface area contributed by atoms with Gasteiger partial charge in [-0.25, -0.2) is 9.37 Å². The van der Waals surface area contributed by atoms with Gasteiger partial charge < -0.3 is 5.32 Å². The number of para-hydroxylation sites is 1. The van der Waals surface area contributed by atoms with E-state index in [0.29, 0.717) is 16.6 Å². The molecule has 1 amide bonds. The Balaban J connectivity index is 1.73. The highest BCUT2D eigenvalue weighted by atomic mass is 19.1. The lowest BCUT2D eigenvalue weighted by atomic mass is 10.2. The minimum atomic E-state index is -0.465. The average Bonchev–Trinajstić information content (AvgIpc) is 2.61. The largest absolute Gasteiger partial charge is 0.325 e. The van der Waals surface area contributed by atoms with Gasteiger partial charge in [0.25, 0.3) is 5.56 Å². The second-order valence-corrected chi connectivity index (χ2v) is 5.36. The summed E-state index contributed by atoms with van der Waals surface area (Å²) in [4.78, 5) is 28.4. The SMILES string of the molecule is N#Cc1ccccc1NC(=O)CCn1cnc2cc(F)ccc2c1=O. The third-order valence-corrected chi connectivity index (χ3v) is 3.69. The molecule has 25 heavy (non-hydrogen) atoms. The standard InChI is InChI=1S/C18H13FN4O2/c19-13-5-6-14-16(9-13)21-11-23(18(14)25)8-7-17(24)22-15-4-2-1-3-12(15)10-20/h1-6,9,11H,7-8H2,(H,22,24). The molecular weight excluding hydrogens is 323 g/mol. The molecule has 124 valence electrons. The first kappa shape index (κ1) is 16.3. The van der Waals surface area contributed by atoms with Crippen LogP contribution in [0.25, 0.3) is 10.9 Å². The van der Waals surface area contributed by atoms with Gasteiger partial charge >= 0.3 is 0 Å². The van der Waals surface area contributed by atoms with Gasteiger partial charge in [-0.05, 0) is 24.3 Å². The molecule has 3 aromatic rings. The summed E-state index contributed by atoms with van der Waals surface area (Å²) >= 11 is 0. The molecule has 0 fully saturated rings. The lowest BCUT2D eigenvalue weighted by Gasteiger charge is -2.08. The first-order valence-electron chi connectivity index (χ1n) is 7.52. The van der Waals surface area contributed by atoms with Crippen molar-refractivity contribution in [3.63, 3.8) is 0 Å². The van der Waals surface area contributed by atoms with E-state index in [0.717, 1.165) is 0 Å². The van der Waals surface area contributed by atoms with E-state index in [1.165, 1.54) is 29.1 Å². The van der Waals surface area contributed by atoms with Crippen molar-refractivity contribution in [1.82, 2.24) is 9.55 Å². The monoisotopic (exact) mass is 336 g/mol. The zero-order chi connectivity index (χ0) is 17.8. The molecule has 0 saturated heterocycles. The zero-order valence-electron chi connectivity index (χ0n) is 13.1. The van der Waals surface area contributed by atoms with Crippen LogP contribution in [0.2, 0.25) is 0 Å². The Hall–Kier alpha value is -3.53. The van der Waals surface area contributed by atoms with Gasteiger partial charge in [-0.2, -0.15) is 5.26 Å². The first-order valence-corrected chi connectivity index (χ1v) is 7.52. The minimum Gasteiger partial charge on any atom is -0.325 e. The van der Waals surface area contributed by atoms with E-state index in [1.54, 1.807) is 24.3 Å². The van der Waals surface area contributed by atoms with E-state index in [1.807, 2.05) is 6.07 Å². The van der Waals surface area contributed by atoms with Gasteiger partial charge in [0.2, 0.25) is 5.91 Å². The number of rotatable bonds is 4. The number of nitrogens with one attached hydrogen (secondary N) is 1. The zero-order valence-corrected chi connectivity index (χ0v) is 13.1. The number of hydrogen-bond donors (Lipinski definition) is 1. The summed E-state index contributed by atoms with van der Waals surface area (Å²) in [5, 5.41) is 12.0. The van der Waals surface area contributed by atoms with Gasteiger partial charge in [-0.15, -0.1) is 0 Å². The molecule has 7 heteroatoms. The van der Waals surface area contributed by atoms with Crippen molar-refractivity contribution in [1.29, 1.82) is 5.26 Å². The molecule has 0 aliphatic carbocycles. The van der Waals surface area contributed by atoms with Crippen molar-refractivity contribution in [2.24, 2.45) is 0 Å². The van der Waals surface area contributed by atoms with Crippen LogP contribution in [0.1, 0.15) is 12.0 Å². The lowest BCUT2D eigenvalue weighted by Crippen LogP contribution is -2.23. The molecule has 0 radical (unpaired) electrons. The summed E-state index contributed by atoms with van der Waals surface area (Å²) in [6.45, 7) is 0.125. The van der Waals surface area contributed by atoms with Crippen LogP contribution in [0, 0.1) is 17.1 Å². The van der Waals surface area contributed by atoms with Gasteiger partial charge in [0.15, 0.2) is 0 Å². The number of anilines is 1. The van der Waals surface area contributed by atoms with Crippen LogP contribution in [0.5, 0.6) is 0 Å². The summed E-state index contributed by atoms with van der Waals surface area (Å²) in [6.07, 6.45) is 1.33. The number of hydrogen-bond acceptors (Lipinski definition) is 4. The predicted octanol–water partition coefficient (Wildman–Crippen LogP) is 2.44. The normalized spacial score (nSPS) is 10.4. The Morgan fingerprint density at radius 3 is 2.88 bits per heavy atom. The molecule has 0 aliphatic rings. The average molecular weight is 336 g/mol. The van der Waals surface area contributed by atoms with Crippen LogP contribution in [-0.4, -0.2) is 15.5 Å². The number of aromatic nitrogens is 2. The molecule has 1 aromatic heterocycles. The molecule has 0 aliphatic heterocycles. The van der Waals surface area contributed by atoms with Crippen LogP contribution in [0.15, 0.2) is 53.6 Å². The predicted molar refractivity (Wildman–Crippen MR) is 90.4 cm³/mol. The van der Waals surface area contributed by atoms with Crippen molar-refractivity contribution in [2.75, 3.05) is 5.32 Å². The molecule has 0 bridgehead atoms. The maximum atomic E-state index is 13.2. The smallest absolute Gasteiger partial charge is 0.261 e. The lowest BCUT2D eigenvalue weighted by molar-refractivity contribution is -0.116. The molecule has 0 saturated carbocycles. The van der Waals surface area contributed by atoms with E-state index in [4.69, 9.17) is 5.26 Å². The van der Waals surface area contributed by atoms with Gasteiger partial charge in [0.1, 0.15) is 11.9 Å². The van der Waals surface area contributed by atoms with Crippen molar-refractivity contribution in [3.05, 3.63) is 70.5 Å². The van der Waals surface area contributed by atoms with Crippen molar-refractivity contribution < 1.29 is 9.18 Å². The second kappa shape index (κ2) is 6.93. The van der Waals surface area contributed by atoms with Gasteiger partial charge in [-0.1, -0.05) is 12.1 Å². The topological polar surface area (TPSA) is 87.8 Å². The summed E-state index contributed by atoms with van der Waals surface area (Å²) in [6, 6.07) is 12.4. The van der Waals surface area contributed by atoms with Gasteiger partial charge in [0, 0.05) is 19.0 Å². The number of aryl methyl sites for hydroxylation is 1. The maximum Gasteiger partial charge on any atom is 0.261 e. The summed E-state index contributed by atoms with van der Waals surface area (Å²) in [5.74, 6) is -0.790. The van der Waals surface area contributed by atoms with Crippen molar-refractivity contribution in [2.45, 2.75) is 13.0 Å². The van der Waals surface area contributed by atoms with Crippen molar-refractivity contribution in [3.8, 4) is 6.07 Å². The number of fused-ring (bicyclic) bond motifs is 1. The molecule has 6 nitrogen and oxygen atoms in total. The number of nitrogens with zero attached hydrogens (tertiary/aromatic N) is 3. The summed E-state index contributed by atoms with van der Waals surface area (Å²) in [7, 11) is 0. The molecule has 1 N–H and O–H groups in total. The molecular formula is C18H13FN4O2. The molecule has 3 rings (SSSR count). The van der Waals surface area contributed by atoms with E-state index < -0.39 is 5.82 Å². The second-order valence-electron chi connectivity index (χ2n) is 5.36. The first-order chi connectivity index (χ1) is 12.1. The van der Waals surface area contributed by atoms with E-state index in [2.05, 4.69) is 10.3 Å². The number of amides is 1. The number of benzene rings is 2. The van der Waals surface area contributed by atoms with Crippen LogP contribution in [0.4, 0.5) is 10.1 Å². The third-order valence-electron chi connectivity index (χ3n) is 3.69. The van der Waals surface area contributed by atoms with Crippen LogP contribution >= 0.6 is 0 Å². The Morgan fingerprint density at radius 2 is 2.08 bits per heavy atom. The molecule has 2 aromatic carbocycles. The molecule has 1 heterocycles. The third kappa shape index (κ3) is 3.53. The Labute approximate surface area is 142 Å². The molecule has 0 atom stereocenters. The fourth-order valence-electron chi connectivity index (χ4n) is 2.42. The highest BCUT2D eigenvalue weighted by Gasteiger charge is 2.09. The fraction of sp³-hybridized carbons (Fsp3) is 0.111. The van der Waals surface area contributed by atoms with E-state index in [9.17, 15) is 14.0 Å². The maximum absolute atomic E-state index is 13.2. The Morgan fingerprint density at radius 1 is 1.28 bits per heavy atom. The highest BCUT2D eigenvalue weighted by molar-refractivity contribution is 5.92. The van der Waals surface area contributed by atoms with Crippen LogP contribution < -0.4 is 10.9 Å². The number of halogens is 1. The summed E-state index contributed by atoms with van der Waals surface area (Å²) in [5.41, 5.74) is 0.723. The molecule has 0 unspecified atom stereocenters. The Kier molecular flexibility index (Phi) is 4.53. The quantitative estimate of drug-likeness (QED) is 0.792. The van der Waals surface area contributed by atoms with Crippen LogP contribution in [0.3, 0.4) is 0 Å². The van der Waals surface area contributed by atoms with E-state index >= 15 is 0 Å². The Bertz CT molecular complexity index is 1050. The highest BCUT2D eigenvalue weighted by Crippen LogP contribution is 2.14. The minimum absolute atomic E-state index is 0.0358. The number of carbonyl (C=O) groups is 1. The molecule has 0 spiro atoms. The van der Waals surface area contributed by atoms with E-state index in [-0.39, 0.29) is 29.9 Å². The van der Waals surface area contributed by atoms with Crippen molar-refractivity contribution >= 4 is 22.5 Å². The van der Waals surface area contributed by atoms with Gasteiger partial charge in [0.05, 0.1) is 28.5 Å². The number of nitriles is 1. The fourth-order valence-corrected chi connectivity index (χ4v) is 2.42. The summed E-state index contributed by atoms with van der Waals surface area (Å²) < 4.78 is 14.5. The number of carbonyl (C=O) groups excluding carboxylic acids is 1. The van der Waals surface area contributed by atoms with Gasteiger partial charge in [-0.3, -0.25) is 14.2 Å². The van der Waals surface area contributed by atoms with Crippen LogP contribution in [-0.2, 0) is 11.3 Å².